The fourth-order valence-electron chi connectivity index (χ4n) is 2.62. The summed E-state index contributed by atoms with van der Waals surface area (Å²) in [5, 5.41) is 3.46. The van der Waals surface area contributed by atoms with Crippen LogP contribution in [-0.4, -0.2) is 37.1 Å². The zero-order valence-electron chi connectivity index (χ0n) is 8.87. The van der Waals surface area contributed by atoms with E-state index >= 15 is 0 Å². The van der Waals surface area contributed by atoms with Crippen LogP contribution in [0.3, 0.4) is 0 Å². The van der Waals surface area contributed by atoms with Crippen molar-refractivity contribution in [2.24, 2.45) is 5.92 Å². The van der Waals surface area contributed by atoms with Gasteiger partial charge in [0.1, 0.15) is 0 Å². The van der Waals surface area contributed by atoms with Crippen molar-refractivity contribution < 1.29 is 0 Å². The van der Waals surface area contributed by atoms with Gasteiger partial charge in [0.15, 0.2) is 0 Å². The van der Waals surface area contributed by atoms with Gasteiger partial charge in [-0.05, 0) is 51.4 Å². The van der Waals surface area contributed by atoms with Gasteiger partial charge in [-0.2, -0.15) is 0 Å². The number of hydrogen-bond donors (Lipinski definition) is 1. The molecule has 0 saturated carbocycles. The van der Waals surface area contributed by atoms with Gasteiger partial charge in [0.2, 0.25) is 0 Å². The summed E-state index contributed by atoms with van der Waals surface area (Å²) in [4.78, 5) is 2.70. The topological polar surface area (TPSA) is 15.3 Å². The second kappa shape index (κ2) is 6.89. The summed E-state index contributed by atoms with van der Waals surface area (Å²) in [6.45, 7) is 7.55. The molecule has 0 radical (unpaired) electrons. The molecule has 0 aromatic carbocycles. The molecule has 2 nitrogen and oxygen atoms in total. The highest BCUT2D eigenvalue weighted by Crippen LogP contribution is 2.21. The van der Waals surface area contributed by atoms with Crippen LogP contribution in [0.25, 0.3) is 0 Å². The molecule has 2 saturated heterocycles. The Morgan fingerprint density at radius 3 is 2.36 bits per heavy atom. The zero-order chi connectivity index (χ0) is 8.39. The molecule has 0 aliphatic carbocycles. The Labute approximate surface area is 99.6 Å². The molecule has 0 aromatic heterocycles. The Balaban J connectivity index is 0.000000845. The molecule has 2 rings (SSSR count). The van der Waals surface area contributed by atoms with Crippen molar-refractivity contribution in [1.82, 2.24) is 10.2 Å². The first-order valence-corrected chi connectivity index (χ1v) is 5.32. The minimum atomic E-state index is 0. The van der Waals surface area contributed by atoms with E-state index in [2.05, 4.69) is 17.1 Å². The first-order chi connectivity index (χ1) is 5.88. The lowest BCUT2D eigenvalue weighted by molar-refractivity contribution is 0.148. The van der Waals surface area contributed by atoms with Crippen molar-refractivity contribution >= 4 is 24.8 Å². The molecule has 0 amide bonds. The number of halogens is 2. The van der Waals surface area contributed by atoms with Crippen molar-refractivity contribution in [3.8, 4) is 0 Å². The minimum Gasteiger partial charge on any atom is -0.316 e. The number of nitrogens with one attached hydrogen (secondary N) is 1. The fraction of sp³-hybridized carbons (Fsp3) is 1.00. The van der Waals surface area contributed by atoms with E-state index in [0.717, 1.165) is 12.0 Å². The first kappa shape index (κ1) is 14.5. The maximum atomic E-state index is 3.46. The van der Waals surface area contributed by atoms with E-state index in [0.29, 0.717) is 0 Å². The van der Waals surface area contributed by atoms with E-state index in [1.54, 1.807) is 0 Å². The Morgan fingerprint density at radius 1 is 1.14 bits per heavy atom. The van der Waals surface area contributed by atoms with Crippen LogP contribution in [0.2, 0.25) is 0 Å². The molecule has 2 atom stereocenters. The number of nitrogens with zero attached hydrogens (tertiary/aromatic N) is 1. The Morgan fingerprint density at radius 2 is 1.79 bits per heavy atom. The van der Waals surface area contributed by atoms with Crippen LogP contribution in [0.1, 0.15) is 26.2 Å². The maximum absolute atomic E-state index is 3.46. The summed E-state index contributed by atoms with van der Waals surface area (Å²) in [6, 6.07) is 0.883. The van der Waals surface area contributed by atoms with Gasteiger partial charge in [0.05, 0.1) is 0 Å². The van der Waals surface area contributed by atoms with Crippen LogP contribution in [0.5, 0.6) is 0 Å². The third-order valence-corrected chi connectivity index (χ3v) is 3.35. The normalized spacial score (nSPS) is 33.2. The molecule has 0 bridgehead atoms. The van der Waals surface area contributed by atoms with Gasteiger partial charge in [-0.3, -0.25) is 0 Å². The molecule has 2 aliphatic heterocycles. The van der Waals surface area contributed by atoms with Gasteiger partial charge in [-0.1, -0.05) is 6.92 Å². The van der Waals surface area contributed by atoms with Crippen LogP contribution in [0.4, 0.5) is 0 Å². The van der Waals surface area contributed by atoms with Crippen molar-refractivity contribution in [2.45, 2.75) is 32.2 Å². The molecule has 2 aliphatic rings. The second-order valence-corrected chi connectivity index (χ2v) is 4.28. The number of likely N-dealkylation sites (tertiary alicyclic amines) is 1. The molecule has 0 spiro atoms. The third kappa shape index (κ3) is 3.27. The molecule has 0 unspecified atom stereocenters. The zero-order valence-corrected chi connectivity index (χ0v) is 10.5. The van der Waals surface area contributed by atoms with Gasteiger partial charge in [-0.15, -0.1) is 24.8 Å². The lowest BCUT2D eigenvalue weighted by Crippen LogP contribution is -2.47. The third-order valence-electron chi connectivity index (χ3n) is 3.35. The standard InChI is InChI=1S/C10H20N2.2ClH/c1-9-8-11-5-4-10(9)12-6-2-3-7-12;;/h9-11H,2-8H2,1H3;2*1H/t9-,10-;;/m0../s1. The van der Waals surface area contributed by atoms with E-state index in [1.165, 1.54) is 45.4 Å². The Bertz CT molecular complexity index is 149. The summed E-state index contributed by atoms with van der Waals surface area (Å²) in [5.74, 6) is 0.858. The molecule has 0 aromatic rings. The van der Waals surface area contributed by atoms with Gasteiger partial charge in [-0.25, -0.2) is 0 Å². The quantitative estimate of drug-likeness (QED) is 0.754. The fourth-order valence-corrected chi connectivity index (χ4v) is 2.62. The van der Waals surface area contributed by atoms with Crippen LogP contribution >= 0.6 is 24.8 Å². The number of rotatable bonds is 1. The smallest absolute Gasteiger partial charge is 0.0145 e. The van der Waals surface area contributed by atoms with E-state index in [9.17, 15) is 0 Å². The lowest BCUT2D eigenvalue weighted by atomic mass is 9.94. The van der Waals surface area contributed by atoms with Gasteiger partial charge in [0.25, 0.3) is 0 Å². The lowest BCUT2D eigenvalue weighted by Gasteiger charge is -2.36. The molecule has 2 heterocycles. The van der Waals surface area contributed by atoms with E-state index in [-0.39, 0.29) is 24.8 Å². The van der Waals surface area contributed by atoms with Gasteiger partial charge < -0.3 is 10.2 Å². The summed E-state index contributed by atoms with van der Waals surface area (Å²) < 4.78 is 0. The van der Waals surface area contributed by atoms with Crippen LogP contribution < -0.4 is 5.32 Å². The van der Waals surface area contributed by atoms with Gasteiger partial charge >= 0.3 is 0 Å². The van der Waals surface area contributed by atoms with Crippen molar-refractivity contribution in [3.05, 3.63) is 0 Å². The summed E-state index contributed by atoms with van der Waals surface area (Å²) in [6.07, 6.45) is 4.22. The van der Waals surface area contributed by atoms with Crippen LogP contribution in [-0.2, 0) is 0 Å². The van der Waals surface area contributed by atoms with Crippen molar-refractivity contribution in [2.75, 3.05) is 26.2 Å². The Kier molecular flexibility index (Phi) is 7.13. The predicted octanol–water partition coefficient (Wildman–Crippen LogP) is 1.92. The average molecular weight is 241 g/mol. The summed E-state index contributed by atoms with van der Waals surface area (Å²) in [5.41, 5.74) is 0. The Hall–Kier alpha value is 0.500. The molecule has 4 heteroatoms. The monoisotopic (exact) mass is 240 g/mol. The number of hydrogen-bond acceptors (Lipinski definition) is 2. The van der Waals surface area contributed by atoms with Crippen LogP contribution in [0.15, 0.2) is 0 Å². The van der Waals surface area contributed by atoms with E-state index in [4.69, 9.17) is 0 Å². The summed E-state index contributed by atoms with van der Waals surface area (Å²) in [7, 11) is 0. The molecule has 2 fully saturated rings. The van der Waals surface area contributed by atoms with E-state index < -0.39 is 0 Å². The highest BCUT2D eigenvalue weighted by molar-refractivity contribution is 5.85. The summed E-state index contributed by atoms with van der Waals surface area (Å²) >= 11 is 0. The predicted molar refractivity (Wildman–Crippen MR) is 65.7 cm³/mol. The molecule has 1 N–H and O–H groups in total. The minimum absolute atomic E-state index is 0. The first-order valence-electron chi connectivity index (χ1n) is 5.32. The molecular weight excluding hydrogens is 219 g/mol. The van der Waals surface area contributed by atoms with E-state index in [1.807, 2.05) is 0 Å². The maximum Gasteiger partial charge on any atom is 0.0145 e. The SMILES string of the molecule is C[C@H]1CNCC[C@@H]1N1CCCC1.Cl.Cl. The van der Waals surface area contributed by atoms with Crippen LogP contribution in [0, 0.1) is 5.92 Å². The number of piperidine rings is 1. The molecule has 86 valence electrons. The average Bonchev–Trinajstić information content (AvgIpc) is 2.57. The van der Waals surface area contributed by atoms with Gasteiger partial charge in [0, 0.05) is 6.04 Å². The highest BCUT2D eigenvalue weighted by Gasteiger charge is 2.28. The molecule has 14 heavy (non-hydrogen) atoms. The van der Waals surface area contributed by atoms with Crippen molar-refractivity contribution in [3.63, 3.8) is 0 Å². The van der Waals surface area contributed by atoms with Crippen molar-refractivity contribution in [1.29, 1.82) is 0 Å². The highest BCUT2D eigenvalue weighted by atomic mass is 35.5. The largest absolute Gasteiger partial charge is 0.316 e. The molecular formula is C10H22Cl2N2. The second-order valence-electron chi connectivity index (χ2n) is 4.28.